The summed E-state index contributed by atoms with van der Waals surface area (Å²) in [5, 5.41) is 14.5. The summed E-state index contributed by atoms with van der Waals surface area (Å²) in [5.74, 6) is -0.401. The summed E-state index contributed by atoms with van der Waals surface area (Å²) in [7, 11) is 0. The molecule has 0 radical (unpaired) electrons. The zero-order chi connectivity index (χ0) is 13.3. The Bertz CT molecular complexity index is 559. The van der Waals surface area contributed by atoms with Gasteiger partial charge >= 0.3 is 0 Å². The molecule has 0 saturated heterocycles. The molecular weight excluding hydrogens is 275 g/mol. The van der Waals surface area contributed by atoms with Crippen molar-refractivity contribution >= 4 is 23.1 Å². The number of rotatable bonds is 3. The van der Waals surface area contributed by atoms with Gasteiger partial charge in [-0.3, -0.25) is 0 Å². The SMILES string of the molecule is CC(C)c1nnsc1C(O)c1ccc(Cl)cc1F. The number of aromatic nitrogens is 2. The number of aliphatic hydroxyl groups excluding tert-OH is 1. The van der Waals surface area contributed by atoms with Gasteiger partial charge in [0.1, 0.15) is 11.9 Å². The standard InChI is InChI=1S/C12H12ClFN2OS/c1-6(2)10-12(18-16-15-10)11(17)8-4-3-7(13)5-9(8)14/h3-6,11,17H,1-2H3. The summed E-state index contributed by atoms with van der Waals surface area (Å²) in [6, 6.07) is 4.21. The van der Waals surface area contributed by atoms with Gasteiger partial charge in [0.05, 0.1) is 10.6 Å². The highest BCUT2D eigenvalue weighted by Crippen LogP contribution is 2.32. The summed E-state index contributed by atoms with van der Waals surface area (Å²) in [6.45, 7) is 3.90. The fourth-order valence-electron chi connectivity index (χ4n) is 1.66. The first-order chi connectivity index (χ1) is 8.50. The lowest BCUT2D eigenvalue weighted by atomic mass is 10.0. The second kappa shape index (κ2) is 5.30. The molecule has 18 heavy (non-hydrogen) atoms. The predicted molar refractivity (Wildman–Crippen MR) is 69.5 cm³/mol. The molecule has 1 heterocycles. The van der Waals surface area contributed by atoms with E-state index in [0.29, 0.717) is 15.6 Å². The molecule has 1 aromatic heterocycles. The van der Waals surface area contributed by atoms with Crippen LogP contribution in [0.1, 0.15) is 42.0 Å². The van der Waals surface area contributed by atoms with Crippen LogP contribution < -0.4 is 0 Å². The van der Waals surface area contributed by atoms with Gasteiger partial charge in [0.15, 0.2) is 0 Å². The summed E-state index contributed by atoms with van der Waals surface area (Å²) in [5.41, 5.74) is 0.884. The van der Waals surface area contributed by atoms with Gasteiger partial charge in [-0.15, -0.1) is 5.10 Å². The molecule has 0 aliphatic heterocycles. The van der Waals surface area contributed by atoms with E-state index in [9.17, 15) is 9.50 Å². The van der Waals surface area contributed by atoms with Gasteiger partial charge in [-0.25, -0.2) is 4.39 Å². The molecule has 2 rings (SSSR count). The minimum Gasteiger partial charge on any atom is -0.383 e. The van der Waals surface area contributed by atoms with Gasteiger partial charge in [-0.05, 0) is 29.6 Å². The lowest BCUT2D eigenvalue weighted by Crippen LogP contribution is -2.04. The quantitative estimate of drug-likeness (QED) is 0.939. The fourth-order valence-corrected chi connectivity index (χ4v) is 2.63. The molecule has 1 atom stereocenters. The largest absolute Gasteiger partial charge is 0.383 e. The van der Waals surface area contributed by atoms with Crippen LogP contribution >= 0.6 is 23.1 Å². The van der Waals surface area contributed by atoms with Crippen LogP contribution in [0, 0.1) is 5.82 Å². The maximum Gasteiger partial charge on any atom is 0.130 e. The lowest BCUT2D eigenvalue weighted by molar-refractivity contribution is 0.217. The molecule has 1 N–H and O–H groups in total. The van der Waals surface area contributed by atoms with Gasteiger partial charge in [0.25, 0.3) is 0 Å². The molecule has 0 bridgehead atoms. The van der Waals surface area contributed by atoms with Crippen LogP contribution in [0.4, 0.5) is 4.39 Å². The molecule has 3 nitrogen and oxygen atoms in total. The molecule has 96 valence electrons. The van der Waals surface area contributed by atoms with E-state index in [0.717, 1.165) is 11.5 Å². The Morgan fingerprint density at radius 3 is 2.72 bits per heavy atom. The van der Waals surface area contributed by atoms with Gasteiger partial charge in [-0.2, -0.15) is 0 Å². The predicted octanol–water partition coefficient (Wildman–Crippen LogP) is 3.54. The normalized spacial score (nSPS) is 13.0. The molecule has 0 amide bonds. The minimum absolute atomic E-state index is 0.128. The summed E-state index contributed by atoms with van der Waals surface area (Å²) in [6.07, 6.45) is -1.06. The Labute approximate surface area is 113 Å². The molecular formula is C12H12ClFN2OS. The zero-order valence-electron chi connectivity index (χ0n) is 9.89. The number of nitrogens with zero attached hydrogens (tertiary/aromatic N) is 2. The average molecular weight is 287 g/mol. The Morgan fingerprint density at radius 1 is 1.39 bits per heavy atom. The van der Waals surface area contributed by atoms with Crippen LogP contribution in [0.15, 0.2) is 18.2 Å². The molecule has 0 aliphatic rings. The van der Waals surface area contributed by atoms with Crippen molar-refractivity contribution in [1.29, 1.82) is 0 Å². The highest BCUT2D eigenvalue weighted by Gasteiger charge is 2.23. The first-order valence-corrected chi connectivity index (χ1v) is 6.61. The topological polar surface area (TPSA) is 46.0 Å². The van der Waals surface area contributed by atoms with Crippen LogP contribution in [-0.2, 0) is 0 Å². The van der Waals surface area contributed by atoms with E-state index in [-0.39, 0.29) is 11.5 Å². The van der Waals surface area contributed by atoms with Gasteiger partial charge in [-0.1, -0.05) is 36.0 Å². The first kappa shape index (κ1) is 13.4. The van der Waals surface area contributed by atoms with E-state index >= 15 is 0 Å². The van der Waals surface area contributed by atoms with Crippen LogP contribution in [0.3, 0.4) is 0 Å². The second-order valence-electron chi connectivity index (χ2n) is 4.25. The number of hydrogen-bond acceptors (Lipinski definition) is 4. The minimum atomic E-state index is -1.06. The average Bonchev–Trinajstić information content (AvgIpc) is 2.77. The van der Waals surface area contributed by atoms with Gasteiger partial charge in [0, 0.05) is 10.6 Å². The van der Waals surface area contributed by atoms with Crippen LogP contribution in [0.5, 0.6) is 0 Å². The van der Waals surface area contributed by atoms with Crippen LogP contribution in [0.2, 0.25) is 5.02 Å². The maximum absolute atomic E-state index is 13.7. The molecule has 2 aromatic rings. The maximum atomic E-state index is 13.7. The number of hydrogen-bond donors (Lipinski definition) is 1. The molecule has 0 saturated carbocycles. The van der Waals surface area contributed by atoms with Crippen molar-refractivity contribution in [3.8, 4) is 0 Å². The summed E-state index contributed by atoms with van der Waals surface area (Å²) < 4.78 is 17.6. The molecule has 1 unspecified atom stereocenters. The third-order valence-corrected chi connectivity index (χ3v) is 3.62. The second-order valence-corrected chi connectivity index (χ2v) is 5.47. The van der Waals surface area contributed by atoms with E-state index in [1.165, 1.54) is 12.1 Å². The van der Waals surface area contributed by atoms with E-state index in [1.807, 2.05) is 13.8 Å². The summed E-state index contributed by atoms with van der Waals surface area (Å²) >= 11 is 6.77. The fraction of sp³-hybridized carbons (Fsp3) is 0.333. The number of halogens is 2. The van der Waals surface area contributed by atoms with E-state index in [2.05, 4.69) is 9.59 Å². The van der Waals surface area contributed by atoms with E-state index in [1.54, 1.807) is 6.07 Å². The van der Waals surface area contributed by atoms with E-state index < -0.39 is 11.9 Å². The number of benzene rings is 1. The Kier molecular flexibility index (Phi) is 3.94. The van der Waals surface area contributed by atoms with Crippen molar-refractivity contribution in [2.24, 2.45) is 0 Å². The molecule has 0 aliphatic carbocycles. The third kappa shape index (κ3) is 2.53. The molecule has 0 fully saturated rings. The van der Waals surface area contributed by atoms with Crippen LogP contribution in [0.25, 0.3) is 0 Å². The van der Waals surface area contributed by atoms with Crippen molar-refractivity contribution in [2.45, 2.75) is 25.9 Å². The van der Waals surface area contributed by atoms with Crippen molar-refractivity contribution in [3.63, 3.8) is 0 Å². The molecule has 1 aromatic carbocycles. The van der Waals surface area contributed by atoms with Gasteiger partial charge < -0.3 is 5.11 Å². The number of aliphatic hydroxyl groups is 1. The van der Waals surface area contributed by atoms with Crippen molar-refractivity contribution in [3.05, 3.63) is 45.2 Å². The summed E-state index contributed by atoms with van der Waals surface area (Å²) in [4.78, 5) is 0.575. The van der Waals surface area contributed by atoms with Crippen molar-refractivity contribution in [1.82, 2.24) is 9.59 Å². The Balaban J connectivity index is 2.41. The molecule has 0 spiro atoms. The van der Waals surface area contributed by atoms with Gasteiger partial charge in [0.2, 0.25) is 0 Å². The zero-order valence-corrected chi connectivity index (χ0v) is 11.5. The molecule has 6 heteroatoms. The lowest BCUT2D eigenvalue weighted by Gasteiger charge is -2.12. The smallest absolute Gasteiger partial charge is 0.130 e. The van der Waals surface area contributed by atoms with Crippen molar-refractivity contribution in [2.75, 3.05) is 0 Å². The monoisotopic (exact) mass is 286 g/mol. The Hall–Kier alpha value is -1.04. The van der Waals surface area contributed by atoms with Crippen LogP contribution in [-0.4, -0.2) is 14.7 Å². The first-order valence-electron chi connectivity index (χ1n) is 5.46. The van der Waals surface area contributed by atoms with Crippen molar-refractivity contribution < 1.29 is 9.50 Å². The highest BCUT2D eigenvalue weighted by molar-refractivity contribution is 7.05. The highest BCUT2D eigenvalue weighted by atomic mass is 35.5. The van der Waals surface area contributed by atoms with E-state index in [4.69, 9.17) is 11.6 Å². The Morgan fingerprint density at radius 2 is 2.11 bits per heavy atom. The third-order valence-electron chi connectivity index (χ3n) is 2.59.